The number of carbonyl (C=O) groups is 2. The number of aromatic nitrogens is 1. The van der Waals surface area contributed by atoms with Crippen molar-refractivity contribution in [3.05, 3.63) is 57.8 Å². The average molecular weight is 363 g/mol. The summed E-state index contributed by atoms with van der Waals surface area (Å²) in [5.74, 6) is -1.02. The molecule has 6 heteroatoms. The molecule has 0 atom stereocenters. The number of rotatable bonds is 4. The molecule has 5 nitrogen and oxygen atoms in total. The third-order valence-electron chi connectivity index (χ3n) is 2.97. The van der Waals surface area contributed by atoms with Crippen LogP contribution in [0.15, 0.2) is 41.0 Å². The quantitative estimate of drug-likeness (QED) is 0.847. The molecule has 2 rings (SSSR count). The van der Waals surface area contributed by atoms with E-state index in [-0.39, 0.29) is 12.3 Å². The highest BCUT2D eigenvalue weighted by Gasteiger charge is 2.13. The number of esters is 1. The van der Waals surface area contributed by atoms with E-state index in [1.54, 1.807) is 12.1 Å². The van der Waals surface area contributed by atoms with Gasteiger partial charge in [0.15, 0.2) is 6.61 Å². The van der Waals surface area contributed by atoms with Crippen molar-refractivity contribution < 1.29 is 14.3 Å². The van der Waals surface area contributed by atoms with E-state index in [1.165, 1.54) is 12.3 Å². The number of hydrogen-bond donors (Lipinski definition) is 1. The molecule has 1 aromatic carbocycles. The number of pyridine rings is 1. The first-order valence-electron chi connectivity index (χ1n) is 6.62. The maximum atomic E-state index is 11.9. The molecule has 0 fully saturated rings. The molecule has 1 aromatic heterocycles. The van der Waals surface area contributed by atoms with Gasteiger partial charge in [0.2, 0.25) is 0 Å². The first kappa shape index (κ1) is 16.2. The van der Waals surface area contributed by atoms with Crippen molar-refractivity contribution in [2.75, 3.05) is 11.9 Å². The number of nitrogens with one attached hydrogen (secondary N) is 1. The first-order valence-corrected chi connectivity index (χ1v) is 7.41. The van der Waals surface area contributed by atoms with E-state index in [2.05, 4.69) is 26.2 Å². The van der Waals surface area contributed by atoms with Gasteiger partial charge in [-0.2, -0.15) is 0 Å². The lowest BCUT2D eigenvalue weighted by Crippen LogP contribution is -2.22. The van der Waals surface area contributed by atoms with Gasteiger partial charge in [-0.1, -0.05) is 22.0 Å². The van der Waals surface area contributed by atoms with E-state index in [0.717, 1.165) is 21.3 Å². The number of hydrogen-bond acceptors (Lipinski definition) is 4. The Bertz CT molecular complexity index is 679. The normalized spacial score (nSPS) is 10.1. The standard InChI is InChI=1S/C16H15BrN2O3/c1-10-7-12(17)8-11(2)15(10)19-14(20)9-22-16(21)13-5-3-4-6-18-13/h3-8H,9H2,1-2H3,(H,19,20). The highest BCUT2D eigenvalue weighted by Crippen LogP contribution is 2.24. The molecule has 0 radical (unpaired) electrons. The number of anilines is 1. The Hall–Kier alpha value is -2.21. The van der Waals surface area contributed by atoms with E-state index in [1.807, 2.05) is 26.0 Å². The molecule has 1 amide bonds. The minimum Gasteiger partial charge on any atom is -0.451 e. The van der Waals surface area contributed by atoms with Gasteiger partial charge in [0.1, 0.15) is 5.69 Å². The molecule has 22 heavy (non-hydrogen) atoms. The average Bonchev–Trinajstić information content (AvgIpc) is 2.49. The van der Waals surface area contributed by atoms with Gasteiger partial charge in [0.05, 0.1) is 0 Å². The van der Waals surface area contributed by atoms with Crippen molar-refractivity contribution in [3.63, 3.8) is 0 Å². The fraction of sp³-hybridized carbons (Fsp3) is 0.188. The van der Waals surface area contributed by atoms with Gasteiger partial charge in [0.25, 0.3) is 5.91 Å². The third-order valence-corrected chi connectivity index (χ3v) is 3.43. The lowest BCUT2D eigenvalue weighted by molar-refractivity contribution is -0.119. The Morgan fingerprint density at radius 1 is 1.23 bits per heavy atom. The Morgan fingerprint density at radius 2 is 1.91 bits per heavy atom. The van der Waals surface area contributed by atoms with Crippen LogP contribution in [0.3, 0.4) is 0 Å². The molecule has 0 aliphatic heterocycles. The van der Waals surface area contributed by atoms with Crippen LogP contribution < -0.4 is 5.32 Å². The number of halogens is 1. The number of amides is 1. The van der Waals surface area contributed by atoms with Gasteiger partial charge in [-0.15, -0.1) is 0 Å². The van der Waals surface area contributed by atoms with Crippen LogP contribution in [0.4, 0.5) is 5.69 Å². The third kappa shape index (κ3) is 4.14. The molecule has 0 unspecified atom stereocenters. The van der Waals surface area contributed by atoms with Gasteiger partial charge in [-0.3, -0.25) is 4.79 Å². The monoisotopic (exact) mass is 362 g/mol. The zero-order valence-corrected chi connectivity index (χ0v) is 13.8. The number of benzene rings is 1. The van der Waals surface area contributed by atoms with Crippen molar-refractivity contribution in [2.24, 2.45) is 0 Å². The molecule has 0 aliphatic rings. The van der Waals surface area contributed by atoms with Crippen LogP contribution in [-0.2, 0) is 9.53 Å². The van der Waals surface area contributed by atoms with Crippen LogP contribution in [0, 0.1) is 13.8 Å². The van der Waals surface area contributed by atoms with Gasteiger partial charge in [0, 0.05) is 16.4 Å². The fourth-order valence-electron chi connectivity index (χ4n) is 1.97. The van der Waals surface area contributed by atoms with E-state index in [9.17, 15) is 9.59 Å². The molecule has 0 aliphatic carbocycles. The van der Waals surface area contributed by atoms with E-state index >= 15 is 0 Å². The molecule has 0 saturated carbocycles. The first-order chi connectivity index (χ1) is 10.5. The van der Waals surface area contributed by atoms with Crippen LogP contribution in [0.2, 0.25) is 0 Å². The number of aryl methyl sites for hydroxylation is 2. The van der Waals surface area contributed by atoms with Gasteiger partial charge in [-0.05, 0) is 49.2 Å². The zero-order chi connectivity index (χ0) is 16.1. The second kappa shape index (κ2) is 7.17. The molecule has 114 valence electrons. The van der Waals surface area contributed by atoms with Crippen LogP contribution >= 0.6 is 15.9 Å². The molecule has 2 aromatic rings. The predicted molar refractivity (Wildman–Crippen MR) is 86.8 cm³/mol. The minimum absolute atomic E-state index is 0.173. The Balaban J connectivity index is 1.95. The summed E-state index contributed by atoms with van der Waals surface area (Å²) in [7, 11) is 0. The summed E-state index contributed by atoms with van der Waals surface area (Å²) in [6.07, 6.45) is 1.49. The Morgan fingerprint density at radius 3 is 2.50 bits per heavy atom. The highest BCUT2D eigenvalue weighted by atomic mass is 79.9. The van der Waals surface area contributed by atoms with E-state index in [0.29, 0.717) is 0 Å². The summed E-state index contributed by atoms with van der Waals surface area (Å²) in [6.45, 7) is 3.44. The lowest BCUT2D eigenvalue weighted by Gasteiger charge is -2.12. The summed E-state index contributed by atoms with van der Waals surface area (Å²) >= 11 is 3.40. The number of ether oxygens (including phenoxy) is 1. The number of nitrogens with zero attached hydrogens (tertiary/aromatic N) is 1. The molecule has 0 bridgehead atoms. The van der Waals surface area contributed by atoms with Crippen molar-refractivity contribution in [3.8, 4) is 0 Å². The summed E-state index contributed by atoms with van der Waals surface area (Å²) in [5, 5.41) is 2.76. The van der Waals surface area contributed by atoms with Crippen molar-refractivity contribution in [2.45, 2.75) is 13.8 Å². The largest absolute Gasteiger partial charge is 0.451 e. The minimum atomic E-state index is -0.625. The Kier molecular flexibility index (Phi) is 5.27. The smallest absolute Gasteiger partial charge is 0.357 e. The highest BCUT2D eigenvalue weighted by molar-refractivity contribution is 9.10. The van der Waals surface area contributed by atoms with Crippen LogP contribution in [0.25, 0.3) is 0 Å². The van der Waals surface area contributed by atoms with Gasteiger partial charge >= 0.3 is 5.97 Å². The molecule has 1 N–H and O–H groups in total. The zero-order valence-electron chi connectivity index (χ0n) is 12.2. The predicted octanol–water partition coefficient (Wildman–Crippen LogP) is 3.26. The SMILES string of the molecule is Cc1cc(Br)cc(C)c1NC(=O)COC(=O)c1ccccn1. The van der Waals surface area contributed by atoms with E-state index < -0.39 is 11.9 Å². The van der Waals surface area contributed by atoms with Crippen LogP contribution in [0.1, 0.15) is 21.6 Å². The van der Waals surface area contributed by atoms with Crippen molar-refractivity contribution >= 4 is 33.5 Å². The summed E-state index contributed by atoms with van der Waals surface area (Å²) < 4.78 is 5.89. The fourth-order valence-corrected chi connectivity index (χ4v) is 2.66. The molecule has 0 spiro atoms. The maximum absolute atomic E-state index is 11.9. The second-order valence-electron chi connectivity index (χ2n) is 4.75. The van der Waals surface area contributed by atoms with Crippen LogP contribution in [0.5, 0.6) is 0 Å². The van der Waals surface area contributed by atoms with Gasteiger partial charge in [-0.25, -0.2) is 9.78 Å². The van der Waals surface area contributed by atoms with Crippen molar-refractivity contribution in [1.29, 1.82) is 0 Å². The maximum Gasteiger partial charge on any atom is 0.357 e. The summed E-state index contributed by atoms with van der Waals surface area (Å²) in [5.41, 5.74) is 2.75. The van der Waals surface area contributed by atoms with E-state index in [4.69, 9.17) is 4.74 Å². The Labute approximate surface area is 136 Å². The summed E-state index contributed by atoms with van der Waals surface area (Å²) in [4.78, 5) is 27.5. The van der Waals surface area contributed by atoms with Gasteiger partial charge < -0.3 is 10.1 Å². The molecule has 0 saturated heterocycles. The lowest BCUT2D eigenvalue weighted by atomic mass is 10.1. The topological polar surface area (TPSA) is 68.3 Å². The second-order valence-corrected chi connectivity index (χ2v) is 5.67. The molecular weight excluding hydrogens is 348 g/mol. The number of carbonyl (C=O) groups excluding carboxylic acids is 2. The molecule has 1 heterocycles. The molecular formula is C16H15BrN2O3. The van der Waals surface area contributed by atoms with Crippen molar-refractivity contribution in [1.82, 2.24) is 4.98 Å². The summed E-state index contributed by atoms with van der Waals surface area (Å²) in [6, 6.07) is 8.72. The van der Waals surface area contributed by atoms with Crippen LogP contribution in [-0.4, -0.2) is 23.5 Å².